The zero-order chi connectivity index (χ0) is 30.0. The molecule has 1 aromatic heterocycles. The number of ketones is 2. The van der Waals surface area contributed by atoms with Crippen LogP contribution in [0.2, 0.25) is 0 Å². The average Bonchev–Trinajstić information content (AvgIpc) is 2.90. The Morgan fingerprint density at radius 2 is 1.37 bits per heavy atom. The first-order chi connectivity index (χ1) is 19.3. The first kappa shape index (κ1) is 32.2. The lowest BCUT2D eigenvalue weighted by Crippen LogP contribution is -2.45. The van der Waals surface area contributed by atoms with Crippen LogP contribution in [0.5, 0.6) is 5.75 Å². The molecule has 220 valence electrons. The Kier molecular flexibility index (Phi) is 11.4. The van der Waals surface area contributed by atoms with E-state index in [1.54, 1.807) is 12.4 Å². The van der Waals surface area contributed by atoms with E-state index in [0.29, 0.717) is 25.9 Å². The van der Waals surface area contributed by atoms with Crippen LogP contribution < -0.4 is 4.74 Å². The molecule has 3 rings (SSSR count). The summed E-state index contributed by atoms with van der Waals surface area (Å²) in [6, 6.07) is 21.6. The van der Waals surface area contributed by atoms with Crippen LogP contribution in [0, 0.1) is 16.7 Å². The second-order valence-electron chi connectivity index (χ2n) is 13.7. The molecule has 41 heavy (non-hydrogen) atoms. The quantitative estimate of drug-likeness (QED) is 0.207. The summed E-state index contributed by atoms with van der Waals surface area (Å²) in [4.78, 5) is 33.9. The average molecular weight is 557 g/mol. The number of hydrogen-bond acceptors (Lipinski definition) is 5. The van der Waals surface area contributed by atoms with Crippen molar-refractivity contribution in [3.8, 4) is 5.75 Å². The fourth-order valence-electron chi connectivity index (χ4n) is 5.21. The Morgan fingerprint density at radius 3 is 1.95 bits per heavy atom. The third-order valence-electron chi connectivity index (χ3n) is 7.07. The molecule has 2 aromatic carbocycles. The van der Waals surface area contributed by atoms with Gasteiger partial charge in [-0.3, -0.25) is 19.5 Å². The van der Waals surface area contributed by atoms with Gasteiger partial charge in [-0.05, 0) is 71.7 Å². The van der Waals surface area contributed by atoms with E-state index in [9.17, 15) is 9.59 Å². The molecule has 5 heteroatoms. The highest BCUT2D eigenvalue weighted by molar-refractivity contribution is 5.91. The Labute approximate surface area is 247 Å². The maximum Gasteiger partial charge on any atom is 0.151 e. The van der Waals surface area contributed by atoms with E-state index in [-0.39, 0.29) is 40.8 Å². The first-order valence-electron chi connectivity index (χ1n) is 14.7. The van der Waals surface area contributed by atoms with Crippen LogP contribution >= 0.6 is 0 Å². The fourth-order valence-corrected chi connectivity index (χ4v) is 5.21. The van der Waals surface area contributed by atoms with Crippen LogP contribution in [0.25, 0.3) is 0 Å². The van der Waals surface area contributed by atoms with Gasteiger partial charge in [0.1, 0.15) is 18.1 Å². The number of Topliss-reactive ketones (excluding diaryl/α,β-unsaturated/α-hetero) is 2. The van der Waals surface area contributed by atoms with Crippen LogP contribution in [0.1, 0.15) is 71.1 Å². The van der Waals surface area contributed by atoms with Crippen molar-refractivity contribution in [2.45, 2.75) is 79.9 Å². The highest BCUT2D eigenvalue weighted by Crippen LogP contribution is 2.27. The van der Waals surface area contributed by atoms with Gasteiger partial charge in [0.25, 0.3) is 0 Å². The molecule has 0 saturated heterocycles. The van der Waals surface area contributed by atoms with E-state index in [1.165, 1.54) is 0 Å². The molecule has 0 amide bonds. The number of hydrogen-bond donors (Lipinski definition) is 0. The van der Waals surface area contributed by atoms with Crippen molar-refractivity contribution in [3.63, 3.8) is 0 Å². The van der Waals surface area contributed by atoms with Crippen LogP contribution in [0.4, 0.5) is 0 Å². The molecule has 0 bridgehead atoms. The lowest BCUT2D eigenvalue weighted by molar-refractivity contribution is -0.131. The molecule has 5 nitrogen and oxygen atoms in total. The molecule has 2 atom stereocenters. The molecule has 0 aliphatic rings. The summed E-state index contributed by atoms with van der Waals surface area (Å²) in [5.74, 6) is 0.674. The van der Waals surface area contributed by atoms with Crippen molar-refractivity contribution in [3.05, 3.63) is 95.8 Å². The molecule has 1 heterocycles. The molecule has 0 aliphatic carbocycles. The molecule has 2 unspecified atom stereocenters. The minimum Gasteiger partial charge on any atom is -0.489 e. The van der Waals surface area contributed by atoms with Gasteiger partial charge >= 0.3 is 0 Å². The van der Waals surface area contributed by atoms with E-state index >= 15 is 0 Å². The van der Waals surface area contributed by atoms with Crippen molar-refractivity contribution in [2.75, 3.05) is 13.6 Å². The van der Waals surface area contributed by atoms with Gasteiger partial charge < -0.3 is 4.74 Å². The van der Waals surface area contributed by atoms with Crippen molar-refractivity contribution in [2.24, 2.45) is 16.7 Å². The number of carbonyl (C=O) groups excluding carboxylic acids is 2. The van der Waals surface area contributed by atoms with Gasteiger partial charge in [0.15, 0.2) is 5.78 Å². The third-order valence-corrected chi connectivity index (χ3v) is 7.07. The number of benzene rings is 2. The molecule has 0 spiro atoms. The van der Waals surface area contributed by atoms with Crippen molar-refractivity contribution >= 4 is 11.6 Å². The lowest BCUT2D eigenvalue weighted by Gasteiger charge is -2.33. The predicted octanol–water partition coefficient (Wildman–Crippen LogP) is 7.37. The number of aromatic nitrogens is 1. The lowest BCUT2D eigenvalue weighted by atomic mass is 9.80. The minimum absolute atomic E-state index is 0.0390. The topological polar surface area (TPSA) is 59.5 Å². The highest BCUT2D eigenvalue weighted by Gasteiger charge is 2.32. The van der Waals surface area contributed by atoms with Gasteiger partial charge in [0, 0.05) is 37.7 Å². The van der Waals surface area contributed by atoms with E-state index in [2.05, 4.69) is 51.4 Å². The molecule has 0 N–H and O–H groups in total. The van der Waals surface area contributed by atoms with Gasteiger partial charge in [-0.2, -0.15) is 0 Å². The van der Waals surface area contributed by atoms with Crippen LogP contribution in [0.3, 0.4) is 0 Å². The number of likely N-dealkylation sites (N-methyl/N-ethyl adjacent to an activating group) is 1. The molecule has 0 radical (unpaired) electrons. The van der Waals surface area contributed by atoms with Crippen LogP contribution in [-0.2, 0) is 29.0 Å². The Bertz CT molecular complexity index is 1230. The van der Waals surface area contributed by atoms with Crippen molar-refractivity contribution in [1.82, 2.24) is 9.88 Å². The number of pyridine rings is 1. The summed E-state index contributed by atoms with van der Waals surface area (Å²) >= 11 is 0. The normalized spacial score (nSPS) is 13.6. The molecular weight excluding hydrogens is 508 g/mol. The summed E-state index contributed by atoms with van der Waals surface area (Å²) in [6.45, 7) is 14.0. The zero-order valence-electron chi connectivity index (χ0n) is 26.0. The van der Waals surface area contributed by atoms with E-state index in [1.807, 2.05) is 73.8 Å². The predicted molar refractivity (Wildman–Crippen MR) is 167 cm³/mol. The highest BCUT2D eigenvalue weighted by atomic mass is 16.5. The SMILES string of the molecule is CN(CC(C)(C)C)C(Cc1ccncc1)C(=O)CC(Cc1ccc(OCc2ccccc2)cc1)C(=O)CC(C)(C)C. The molecule has 0 aliphatic heterocycles. The largest absolute Gasteiger partial charge is 0.489 e. The summed E-state index contributed by atoms with van der Waals surface area (Å²) in [7, 11) is 2.02. The van der Waals surface area contributed by atoms with Gasteiger partial charge in [0.2, 0.25) is 0 Å². The monoisotopic (exact) mass is 556 g/mol. The Morgan fingerprint density at radius 1 is 0.756 bits per heavy atom. The van der Waals surface area contributed by atoms with E-state index in [4.69, 9.17) is 4.74 Å². The number of rotatable bonds is 14. The number of ether oxygens (including phenoxy) is 1. The number of nitrogens with zero attached hydrogens (tertiary/aromatic N) is 2. The van der Waals surface area contributed by atoms with Gasteiger partial charge in [-0.1, -0.05) is 84.0 Å². The van der Waals surface area contributed by atoms with E-state index in [0.717, 1.165) is 29.0 Å². The standard InChI is InChI=1S/C36H48N2O3/c1-35(2,3)24-34(40)30(21-27-13-15-31(16-14-27)41-25-29-11-9-8-10-12-29)23-33(39)32(38(7)26-36(4,5)6)22-28-17-19-37-20-18-28/h8-20,30,32H,21-26H2,1-7H3. The van der Waals surface area contributed by atoms with Gasteiger partial charge in [-0.25, -0.2) is 0 Å². The molecule has 0 fully saturated rings. The zero-order valence-corrected chi connectivity index (χ0v) is 26.0. The first-order valence-corrected chi connectivity index (χ1v) is 14.7. The maximum absolute atomic E-state index is 14.0. The smallest absolute Gasteiger partial charge is 0.151 e. The molecular formula is C36H48N2O3. The van der Waals surface area contributed by atoms with Crippen LogP contribution in [-0.4, -0.2) is 41.1 Å². The van der Waals surface area contributed by atoms with Gasteiger partial charge in [-0.15, -0.1) is 0 Å². The summed E-state index contributed by atoms with van der Waals surface area (Å²) in [5, 5.41) is 0. The number of carbonyl (C=O) groups is 2. The Hall–Kier alpha value is -3.31. The third kappa shape index (κ3) is 11.6. The minimum atomic E-state index is -0.374. The Balaban J connectivity index is 1.77. The molecule has 3 aromatic rings. The van der Waals surface area contributed by atoms with E-state index < -0.39 is 0 Å². The molecule has 0 saturated carbocycles. The van der Waals surface area contributed by atoms with Crippen molar-refractivity contribution in [1.29, 1.82) is 0 Å². The summed E-state index contributed by atoms with van der Waals surface area (Å²) in [6.07, 6.45) is 5.33. The summed E-state index contributed by atoms with van der Waals surface area (Å²) < 4.78 is 5.95. The fraction of sp³-hybridized carbons (Fsp3) is 0.472. The van der Waals surface area contributed by atoms with Crippen molar-refractivity contribution < 1.29 is 14.3 Å². The second kappa shape index (κ2) is 14.5. The second-order valence-corrected chi connectivity index (χ2v) is 13.7. The maximum atomic E-state index is 14.0. The van der Waals surface area contributed by atoms with Crippen LogP contribution in [0.15, 0.2) is 79.1 Å². The summed E-state index contributed by atoms with van der Waals surface area (Å²) in [5.41, 5.74) is 3.11. The van der Waals surface area contributed by atoms with Gasteiger partial charge in [0.05, 0.1) is 6.04 Å².